The number of rotatable bonds is 5. The minimum absolute atomic E-state index is 0.653. The van der Waals surface area contributed by atoms with Crippen LogP contribution in [0.15, 0.2) is 24.4 Å². The molecule has 0 aromatic carbocycles. The van der Waals surface area contributed by atoms with Crippen molar-refractivity contribution in [3.63, 3.8) is 0 Å². The van der Waals surface area contributed by atoms with Crippen LogP contribution in [0.3, 0.4) is 0 Å². The van der Waals surface area contributed by atoms with Crippen LogP contribution in [0.25, 0.3) is 0 Å². The van der Waals surface area contributed by atoms with Crippen molar-refractivity contribution in [1.82, 2.24) is 15.2 Å². The van der Waals surface area contributed by atoms with E-state index in [2.05, 4.69) is 41.2 Å². The lowest BCUT2D eigenvalue weighted by Crippen LogP contribution is -2.55. The summed E-state index contributed by atoms with van der Waals surface area (Å²) in [4.78, 5) is 7.05. The second-order valence-electron chi connectivity index (χ2n) is 5.21. The highest BCUT2D eigenvalue weighted by molar-refractivity contribution is 5.04. The molecule has 2 heterocycles. The van der Waals surface area contributed by atoms with Crippen molar-refractivity contribution in [2.45, 2.75) is 51.7 Å². The maximum absolute atomic E-state index is 4.45. The topological polar surface area (TPSA) is 28.2 Å². The van der Waals surface area contributed by atoms with Gasteiger partial charge in [0.25, 0.3) is 0 Å². The maximum atomic E-state index is 4.45. The average Bonchev–Trinajstić information content (AvgIpc) is 2.41. The molecule has 1 aliphatic heterocycles. The van der Waals surface area contributed by atoms with Crippen molar-refractivity contribution in [1.29, 1.82) is 0 Å². The molecule has 2 atom stereocenters. The Morgan fingerprint density at radius 2 is 2.28 bits per heavy atom. The quantitative estimate of drug-likeness (QED) is 0.866. The molecule has 0 spiro atoms. The molecule has 0 amide bonds. The summed E-state index contributed by atoms with van der Waals surface area (Å²) in [6.07, 6.45) is 5.63. The predicted molar refractivity (Wildman–Crippen MR) is 75.4 cm³/mol. The Morgan fingerprint density at radius 1 is 1.39 bits per heavy atom. The number of pyridine rings is 1. The summed E-state index contributed by atoms with van der Waals surface area (Å²) in [5.74, 6) is 0. The van der Waals surface area contributed by atoms with E-state index in [1.807, 2.05) is 12.3 Å². The minimum Gasteiger partial charge on any atom is -0.311 e. The molecule has 3 nitrogen and oxygen atoms in total. The third-order valence-electron chi connectivity index (χ3n) is 3.81. The molecule has 0 saturated carbocycles. The second kappa shape index (κ2) is 6.86. The van der Waals surface area contributed by atoms with Crippen molar-refractivity contribution in [2.24, 2.45) is 0 Å². The lowest BCUT2D eigenvalue weighted by atomic mass is 10.0. The van der Waals surface area contributed by atoms with Crippen LogP contribution in [0, 0.1) is 0 Å². The van der Waals surface area contributed by atoms with Crippen LogP contribution in [0.2, 0.25) is 0 Å². The van der Waals surface area contributed by atoms with E-state index in [-0.39, 0.29) is 0 Å². The standard InChI is InChI=1S/C15H25N3/c1-3-7-13-11-18(15(4-2)10-17-13)12-14-8-5-6-9-16-14/h5-6,8-9,13,15,17H,3-4,7,10-12H2,1-2H3. The first-order valence-corrected chi connectivity index (χ1v) is 7.20. The van der Waals surface area contributed by atoms with Gasteiger partial charge in [-0.1, -0.05) is 26.3 Å². The minimum atomic E-state index is 0.653. The van der Waals surface area contributed by atoms with Gasteiger partial charge in [-0.3, -0.25) is 9.88 Å². The Labute approximate surface area is 111 Å². The molecule has 0 bridgehead atoms. The van der Waals surface area contributed by atoms with E-state index in [9.17, 15) is 0 Å². The molecule has 18 heavy (non-hydrogen) atoms. The first-order valence-electron chi connectivity index (χ1n) is 7.20. The molecular weight excluding hydrogens is 222 g/mol. The zero-order chi connectivity index (χ0) is 12.8. The van der Waals surface area contributed by atoms with Crippen LogP contribution in [0.4, 0.5) is 0 Å². The number of piperazine rings is 1. The summed E-state index contributed by atoms with van der Waals surface area (Å²) in [5.41, 5.74) is 1.19. The molecule has 0 radical (unpaired) electrons. The molecule has 3 heteroatoms. The Bertz CT molecular complexity index is 339. The van der Waals surface area contributed by atoms with E-state index in [4.69, 9.17) is 0 Å². The first kappa shape index (κ1) is 13.5. The number of nitrogens with one attached hydrogen (secondary N) is 1. The van der Waals surface area contributed by atoms with Crippen molar-refractivity contribution < 1.29 is 0 Å². The summed E-state index contributed by atoms with van der Waals surface area (Å²) < 4.78 is 0. The van der Waals surface area contributed by atoms with Crippen molar-refractivity contribution in [3.8, 4) is 0 Å². The van der Waals surface area contributed by atoms with Crippen LogP contribution in [-0.2, 0) is 6.54 Å². The van der Waals surface area contributed by atoms with Crippen LogP contribution in [0.5, 0.6) is 0 Å². The van der Waals surface area contributed by atoms with E-state index >= 15 is 0 Å². The summed E-state index contributed by atoms with van der Waals surface area (Å²) in [5, 5.41) is 3.67. The SMILES string of the molecule is CCCC1CN(Cc2ccccn2)C(CC)CN1. The normalized spacial score (nSPS) is 25.2. The van der Waals surface area contributed by atoms with Crippen molar-refractivity contribution in [2.75, 3.05) is 13.1 Å². The highest BCUT2D eigenvalue weighted by Crippen LogP contribution is 2.15. The van der Waals surface area contributed by atoms with Crippen LogP contribution >= 0.6 is 0 Å². The van der Waals surface area contributed by atoms with Gasteiger partial charge in [0.05, 0.1) is 5.69 Å². The lowest BCUT2D eigenvalue weighted by molar-refractivity contribution is 0.114. The molecule has 1 aromatic heterocycles. The zero-order valence-electron chi connectivity index (χ0n) is 11.6. The molecule has 1 N–H and O–H groups in total. The summed E-state index contributed by atoms with van der Waals surface area (Å²) >= 11 is 0. The van der Waals surface area contributed by atoms with Crippen LogP contribution < -0.4 is 5.32 Å². The van der Waals surface area contributed by atoms with Gasteiger partial charge in [0.2, 0.25) is 0 Å². The van der Waals surface area contributed by atoms with Gasteiger partial charge in [-0.25, -0.2) is 0 Å². The summed E-state index contributed by atoms with van der Waals surface area (Å²) in [7, 11) is 0. The maximum Gasteiger partial charge on any atom is 0.0544 e. The first-order chi connectivity index (χ1) is 8.83. The van der Waals surface area contributed by atoms with Gasteiger partial charge < -0.3 is 5.32 Å². The Balaban J connectivity index is 1.98. The van der Waals surface area contributed by atoms with Crippen molar-refractivity contribution >= 4 is 0 Å². The van der Waals surface area contributed by atoms with Gasteiger partial charge in [0.15, 0.2) is 0 Å². The third-order valence-corrected chi connectivity index (χ3v) is 3.81. The molecule has 1 aromatic rings. The molecule has 1 saturated heterocycles. The fraction of sp³-hybridized carbons (Fsp3) is 0.667. The van der Waals surface area contributed by atoms with Crippen molar-refractivity contribution in [3.05, 3.63) is 30.1 Å². The Morgan fingerprint density at radius 3 is 2.94 bits per heavy atom. The summed E-state index contributed by atoms with van der Waals surface area (Å²) in [6.45, 7) is 7.80. The molecule has 2 rings (SSSR count). The number of aromatic nitrogens is 1. The number of hydrogen-bond acceptors (Lipinski definition) is 3. The van der Waals surface area contributed by atoms with Gasteiger partial charge in [0.1, 0.15) is 0 Å². The zero-order valence-corrected chi connectivity index (χ0v) is 11.6. The fourth-order valence-electron chi connectivity index (χ4n) is 2.77. The van der Waals surface area contributed by atoms with E-state index in [0.29, 0.717) is 12.1 Å². The molecule has 0 aliphatic carbocycles. The third kappa shape index (κ3) is 3.53. The Hall–Kier alpha value is -0.930. The van der Waals surface area contributed by atoms with Gasteiger partial charge in [0, 0.05) is 37.9 Å². The molecular formula is C15H25N3. The lowest BCUT2D eigenvalue weighted by Gasteiger charge is -2.40. The number of hydrogen-bond donors (Lipinski definition) is 1. The van der Waals surface area contributed by atoms with E-state index in [0.717, 1.165) is 19.6 Å². The molecule has 1 aliphatic rings. The van der Waals surface area contributed by atoms with E-state index in [1.54, 1.807) is 0 Å². The van der Waals surface area contributed by atoms with Gasteiger partial charge in [-0.15, -0.1) is 0 Å². The highest BCUT2D eigenvalue weighted by Gasteiger charge is 2.26. The predicted octanol–water partition coefficient (Wildman–Crippen LogP) is 2.43. The summed E-state index contributed by atoms with van der Waals surface area (Å²) in [6, 6.07) is 7.50. The van der Waals surface area contributed by atoms with Gasteiger partial charge in [-0.2, -0.15) is 0 Å². The molecule has 1 fully saturated rings. The highest BCUT2D eigenvalue weighted by atomic mass is 15.2. The Kier molecular flexibility index (Phi) is 5.14. The second-order valence-corrected chi connectivity index (χ2v) is 5.21. The van der Waals surface area contributed by atoms with Gasteiger partial charge in [-0.05, 0) is 25.0 Å². The van der Waals surface area contributed by atoms with Crippen LogP contribution in [0.1, 0.15) is 38.8 Å². The largest absolute Gasteiger partial charge is 0.311 e. The van der Waals surface area contributed by atoms with E-state index < -0.39 is 0 Å². The average molecular weight is 247 g/mol. The smallest absolute Gasteiger partial charge is 0.0544 e. The van der Waals surface area contributed by atoms with Gasteiger partial charge >= 0.3 is 0 Å². The number of nitrogens with zero attached hydrogens (tertiary/aromatic N) is 2. The van der Waals surface area contributed by atoms with Crippen LogP contribution in [-0.4, -0.2) is 35.1 Å². The fourth-order valence-corrected chi connectivity index (χ4v) is 2.77. The monoisotopic (exact) mass is 247 g/mol. The molecule has 100 valence electrons. The molecule has 2 unspecified atom stereocenters. The van der Waals surface area contributed by atoms with E-state index in [1.165, 1.54) is 25.0 Å².